The maximum absolute atomic E-state index is 12.8. The molecule has 1 aliphatic rings. The van der Waals surface area contributed by atoms with Crippen molar-refractivity contribution in [1.82, 2.24) is 9.55 Å². The third-order valence-electron chi connectivity index (χ3n) is 5.78. The van der Waals surface area contributed by atoms with Crippen molar-refractivity contribution in [1.29, 1.82) is 0 Å². The van der Waals surface area contributed by atoms with Gasteiger partial charge in [0, 0.05) is 0 Å². The Morgan fingerprint density at radius 1 is 1.24 bits per heavy atom. The second-order valence-electron chi connectivity index (χ2n) is 8.74. The summed E-state index contributed by atoms with van der Waals surface area (Å²) in [6.45, 7) is 8.24. The van der Waals surface area contributed by atoms with Crippen LogP contribution in [0.25, 0.3) is 10.2 Å². The van der Waals surface area contributed by atoms with E-state index in [1.54, 1.807) is 6.92 Å². The standard InChI is InChI=1S/C21H28N2O5S/c1-12-16-18(29-17(12)20(26)27-5)22-11-23(19(16)25)10-15(24)28-14-8-6-13(7-9-14)21(2,3)4/h11,13-14H,6-10H2,1-5H3. The van der Waals surface area contributed by atoms with Crippen LogP contribution >= 0.6 is 11.3 Å². The van der Waals surface area contributed by atoms with Crippen molar-refractivity contribution >= 4 is 33.5 Å². The Balaban J connectivity index is 1.70. The maximum Gasteiger partial charge on any atom is 0.348 e. The maximum atomic E-state index is 12.8. The number of thiophene rings is 1. The Hall–Kier alpha value is -2.22. The molecule has 29 heavy (non-hydrogen) atoms. The Morgan fingerprint density at radius 2 is 1.90 bits per heavy atom. The number of nitrogens with zero attached hydrogens (tertiary/aromatic N) is 2. The zero-order valence-electron chi connectivity index (χ0n) is 17.6. The molecule has 0 spiro atoms. The van der Waals surface area contributed by atoms with E-state index in [4.69, 9.17) is 9.47 Å². The lowest BCUT2D eigenvalue weighted by atomic mass is 9.72. The molecule has 1 saturated carbocycles. The molecule has 2 heterocycles. The summed E-state index contributed by atoms with van der Waals surface area (Å²) in [5, 5.41) is 0.344. The minimum absolute atomic E-state index is 0.0951. The number of carbonyl (C=O) groups is 2. The van der Waals surface area contributed by atoms with Crippen molar-refractivity contribution in [3.8, 4) is 0 Å². The molecule has 0 amide bonds. The number of rotatable bonds is 4. The monoisotopic (exact) mass is 420 g/mol. The number of aryl methyl sites for hydroxylation is 1. The molecule has 0 aliphatic heterocycles. The van der Waals surface area contributed by atoms with Crippen molar-refractivity contribution < 1.29 is 19.1 Å². The van der Waals surface area contributed by atoms with E-state index in [0.717, 1.165) is 37.0 Å². The van der Waals surface area contributed by atoms with E-state index in [9.17, 15) is 14.4 Å². The summed E-state index contributed by atoms with van der Waals surface area (Å²) >= 11 is 1.11. The Labute approximate surface area is 174 Å². The normalized spacial score (nSPS) is 19.9. The molecule has 2 aromatic rings. The van der Waals surface area contributed by atoms with E-state index in [2.05, 4.69) is 25.8 Å². The van der Waals surface area contributed by atoms with Crippen LogP contribution in [-0.4, -0.2) is 34.7 Å². The van der Waals surface area contributed by atoms with E-state index >= 15 is 0 Å². The van der Waals surface area contributed by atoms with Gasteiger partial charge in [-0.25, -0.2) is 9.78 Å². The summed E-state index contributed by atoms with van der Waals surface area (Å²) in [6.07, 6.45) is 5.03. The Morgan fingerprint density at radius 3 is 2.48 bits per heavy atom. The van der Waals surface area contributed by atoms with Gasteiger partial charge in [-0.15, -0.1) is 11.3 Å². The summed E-state index contributed by atoms with van der Waals surface area (Å²) in [4.78, 5) is 42.1. The van der Waals surface area contributed by atoms with Gasteiger partial charge in [0.05, 0.1) is 18.8 Å². The molecule has 1 aliphatic carbocycles. The lowest BCUT2D eigenvalue weighted by Gasteiger charge is -2.36. The molecule has 0 saturated heterocycles. The lowest BCUT2D eigenvalue weighted by molar-refractivity contribution is -0.152. The highest BCUT2D eigenvalue weighted by atomic mass is 32.1. The van der Waals surface area contributed by atoms with Gasteiger partial charge < -0.3 is 9.47 Å². The van der Waals surface area contributed by atoms with E-state index in [-0.39, 0.29) is 23.6 Å². The number of ether oxygens (including phenoxy) is 2. The third-order valence-corrected chi connectivity index (χ3v) is 6.96. The van der Waals surface area contributed by atoms with Crippen molar-refractivity contribution in [2.75, 3.05) is 7.11 Å². The van der Waals surface area contributed by atoms with E-state index in [1.807, 2.05) is 0 Å². The van der Waals surface area contributed by atoms with Crippen molar-refractivity contribution in [3.05, 3.63) is 27.1 Å². The average Bonchev–Trinajstić information content (AvgIpc) is 3.00. The minimum atomic E-state index is -0.498. The van der Waals surface area contributed by atoms with E-state index in [0.29, 0.717) is 26.6 Å². The highest BCUT2D eigenvalue weighted by Crippen LogP contribution is 2.38. The Bertz CT molecular complexity index is 977. The summed E-state index contributed by atoms with van der Waals surface area (Å²) < 4.78 is 11.6. The van der Waals surface area contributed by atoms with Gasteiger partial charge in [-0.1, -0.05) is 20.8 Å². The number of methoxy groups -OCH3 is 1. The van der Waals surface area contributed by atoms with Crippen LogP contribution < -0.4 is 5.56 Å². The second-order valence-corrected chi connectivity index (χ2v) is 9.73. The van der Waals surface area contributed by atoms with Crippen molar-refractivity contribution in [3.63, 3.8) is 0 Å². The molecule has 8 heteroatoms. The minimum Gasteiger partial charge on any atom is -0.465 e. The van der Waals surface area contributed by atoms with Crippen LogP contribution in [0.15, 0.2) is 11.1 Å². The summed E-state index contributed by atoms with van der Waals surface area (Å²) in [5.41, 5.74) is 0.440. The molecular weight excluding hydrogens is 392 g/mol. The first-order valence-electron chi connectivity index (χ1n) is 9.88. The first kappa shape index (κ1) is 21.5. The number of fused-ring (bicyclic) bond motifs is 1. The number of aromatic nitrogens is 2. The van der Waals surface area contributed by atoms with E-state index in [1.165, 1.54) is 18.0 Å². The van der Waals surface area contributed by atoms with Gasteiger partial charge in [-0.05, 0) is 49.5 Å². The fourth-order valence-corrected chi connectivity index (χ4v) is 5.03. The average molecular weight is 421 g/mol. The summed E-state index contributed by atoms with van der Waals surface area (Å²) in [7, 11) is 1.29. The lowest BCUT2D eigenvalue weighted by Crippen LogP contribution is -2.32. The van der Waals surface area contributed by atoms with Crippen LogP contribution in [0.5, 0.6) is 0 Å². The fraction of sp³-hybridized carbons (Fsp3) is 0.619. The van der Waals surface area contributed by atoms with Gasteiger partial charge in [0.1, 0.15) is 22.4 Å². The van der Waals surface area contributed by atoms with Crippen molar-refractivity contribution in [2.24, 2.45) is 11.3 Å². The third kappa shape index (κ3) is 4.52. The zero-order valence-corrected chi connectivity index (χ0v) is 18.4. The van der Waals surface area contributed by atoms with Crippen LogP contribution in [0.3, 0.4) is 0 Å². The SMILES string of the molecule is COC(=O)c1sc2ncn(CC(=O)OC3CCC(C(C)(C)C)CC3)c(=O)c2c1C. The topological polar surface area (TPSA) is 87.5 Å². The fourth-order valence-electron chi connectivity index (χ4n) is 3.97. The number of hydrogen-bond acceptors (Lipinski definition) is 7. The molecule has 0 bridgehead atoms. The number of esters is 2. The molecule has 7 nitrogen and oxygen atoms in total. The number of carbonyl (C=O) groups excluding carboxylic acids is 2. The van der Waals surface area contributed by atoms with Gasteiger partial charge in [0.25, 0.3) is 5.56 Å². The van der Waals surface area contributed by atoms with Crippen LogP contribution in [0.4, 0.5) is 0 Å². The van der Waals surface area contributed by atoms with Crippen LogP contribution in [-0.2, 0) is 20.8 Å². The van der Waals surface area contributed by atoms with E-state index < -0.39 is 11.9 Å². The molecular formula is C21H28N2O5S. The largest absolute Gasteiger partial charge is 0.465 e. The quantitative estimate of drug-likeness (QED) is 0.701. The predicted molar refractivity (Wildman–Crippen MR) is 111 cm³/mol. The molecule has 3 rings (SSSR count). The van der Waals surface area contributed by atoms with Gasteiger partial charge in [0.2, 0.25) is 0 Å². The zero-order chi connectivity index (χ0) is 21.3. The van der Waals surface area contributed by atoms with Gasteiger partial charge in [-0.2, -0.15) is 0 Å². The summed E-state index contributed by atoms with van der Waals surface area (Å²) in [5.74, 6) is -0.299. The van der Waals surface area contributed by atoms with Gasteiger partial charge in [0.15, 0.2) is 0 Å². The second kappa shape index (κ2) is 8.26. The smallest absolute Gasteiger partial charge is 0.348 e. The van der Waals surface area contributed by atoms with Gasteiger partial charge in [-0.3, -0.25) is 14.2 Å². The molecule has 0 atom stereocenters. The molecule has 0 unspecified atom stereocenters. The first-order chi connectivity index (χ1) is 13.6. The summed E-state index contributed by atoms with van der Waals surface area (Å²) in [6, 6.07) is 0. The molecule has 0 radical (unpaired) electrons. The molecule has 158 valence electrons. The van der Waals surface area contributed by atoms with Gasteiger partial charge >= 0.3 is 11.9 Å². The highest BCUT2D eigenvalue weighted by molar-refractivity contribution is 7.20. The molecule has 0 aromatic carbocycles. The number of hydrogen-bond donors (Lipinski definition) is 0. The molecule has 0 N–H and O–H groups in total. The predicted octanol–water partition coefficient (Wildman–Crippen LogP) is 3.70. The van der Waals surface area contributed by atoms with Crippen LogP contribution in [0.1, 0.15) is 61.7 Å². The van der Waals surface area contributed by atoms with Crippen molar-refractivity contribution in [2.45, 2.75) is 66.0 Å². The molecule has 1 fully saturated rings. The van der Waals surface area contributed by atoms with Crippen LogP contribution in [0.2, 0.25) is 0 Å². The molecule has 2 aromatic heterocycles. The first-order valence-corrected chi connectivity index (χ1v) is 10.7. The Kier molecular flexibility index (Phi) is 6.12. The van der Waals surface area contributed by atoms with Crippen LogP contribution in [0, 0.1) is 18.3 Å². The highest BCUT2D eigenvalue weighted by Gasteiger charge is 2.31.